The average molecular weight is 289 g/mol. The second-order valence-electron chi connectivity index (χ2n) is 5.52. The molecule has 3 rings (SSSR count). The molecular formula is C14H19N5O2. The van der Waals surface area contributed by atoms with Gasteiger partial charge in [-0.2, -0.15) is 14.6 Å². The predicted molar refractivity (Wildman–Crippen MR) is 77.0 cm³/mol. The van der Waals surface area contributed by atoms with Crippen LogP contribution in [0.3, 0.4) is 0 Å². The van der Waals surface area contributed by atoms with Gasteiger partial charge < -0.3 is 10.1 Å². The number of carbonyl (C=O) groups is 1. The van der Waals surface area contributed by atoms with Gasteiger partial charge in [0.2, 0.25) is 0 Å². The first-order chi connectivity index (χ1) is 10.1. The average Bonchev–Trinajstić information content (AvgIpc) is 3.11. The van der Waals surface area contributed by atoms with Crippen molar-refractivity contribution in [2.45, 2.75) is 39.2 Å². The molecule has 1 saturated carbocycles. The summed E-state index contributed by atoms with van der Waals surface area (Å²) >= 11 is 0. The van der Waals surface area contributed by atoms with Crippen molar-refractivity contribution in [2.24, 2.45) is 5.92 Å². The standard InChI is InChI=1S/C14H19N5O2/c1-8-9(2)17-14-15-7-16-19(14)12(8)18-11-5-4-10(6-11)13(20)21-3/h7,10-11,18H,4-6H2,1-3H3/t10-,11+/m0/s1. The lowest BCUT2D eigenvalue weighted by Gasteiger charge is -2.17. The number of hydrogen-bond acceptors (Lipinski definition) is 6. The zero-order chi connectivity index (χ0) is 15.0. The molecule has 0 amide bonds. The Labute approximate surface area is 122 Å². The van der Waals surface area contributed by atoms with E-state index in [2.05, 4.69) is 20.4 Å². The van der Waals surface area contributed by atoms with Crippen LogP contribution in [0.15, 0.2) is 6.33 Å². The van der Waals surface area contributed by atoms with E-state index in [1.54, 1.807) is 4.52 Å². The predicted octanol–water partition coefficient (Wildman–Crippen LogP) is 1.49. The minimum Gasteiger partial charge on any atom is -0.469 e. The lowest BCUT2D eigenvalue weighted by atomic mass is 10.1. The van der Waals surface area contributed by atoms with Crippen LogP contribution >= 0.6 is 0 Å². The van der Waals surface area contributed by atoms with Gasteiger partial charge in [0.1, 0.15) is 12.1 Å². The highest BCUT2D eigenvalue weighted by Crippen LogP contribution is 2.30. The monoisotopic (exact) mass is 289 g/mol. The molecule has 0 spiro atoms. The van der Waals surface area contributed by atoms with Gasteiger partial charge in [0.25, 0.3) is 5.78 Å². The van der Waals surface area contributed by atoms with Crippen molar-refractivity contribution >= 4 is 17.6 Å². The Morgan fingerprint density at radius 3 is 3.00 bits per heavy atom. The first kappa shape index (κ1) is 13.8. The molecule has 1 fully saturated rings. The summed E-state index contributed by atoms with van der Waals surface area (Å²) < 4.78 is 6.55. The van der Waals surface area contributed by atoms with E-state index in [0.717, 1.165) is 36.3 Å². The third kappa shape index (κ3) is 2.43. The maximum Gasteiger partial charge on any atom is 0.308 e. The van der Waals surface area contributed by atoms with Crippen molar-refractivity contribution in [3.05, 3.63) is 17.6 Å². The van der Waals surface area contributed by atoms with Crippen molar-refractivity contribution in [1.82, 2.24) is 19.6 Å². The zero-order valence-electron chi connectivity index (χ0n) is 12.5. The topological polar surface area (TPSA) is 81.4 Å². The molecule has 2 atom stereocenters. The summed E-state index contributed by atoms with van der Waals surface area (Å²) in [5, 5.41) is 7.72. The maximum atomic E-state index is 11.6. The molecule has 2 aromatic rings. The Balaban J connectivity index is 1.84. The smallest absolute Gasteiger partial charge is 0.308 e. The number of nitrogens with zero attached hydrogens (tertiary/aromatic N) is 4. The van der Waals surface area contributed by atoms with Crippen molar-refractivity contribution in [3.63, 3.8) is 0 Å². The molecule has 0 saturated heterocycles. The zero-order valence-corrected chi connectivity index (χ0v) is 12.5. The second kappa shape index (κ2) is 5.31. The van der Waals surface area contributed by atoms with Gasteiger partial charge in [0.05, 0.1) is 13.0 Å². The van der Waals surface area contributed by atoms with Gasteiger partial charge in [-0.05, 0) is 33.1 Å². The molecule has 0 aliphatic heterocycles. The van der Waals surface area contributed by atoms with E-state index < -0.39 is 0 Å². The number of rotatable bonds is 3. The van der Waals surface area contributed by atoms with Crippen LogP contribution in [0, 0.1) is 19.8 Å². The molecule has 2 aromatic heterocycles. The molecule has 21 heavy (non-hydrogen) atoms. The molecular weight excluding hydrogens is 270 g/mol. The van der Waals surface area contributed by atoms with Crippen LogP contribution in [0.5, 0.6) is 0 Å². The van der Waals surface area contributed by atoms with Gasteiger partial charge in [0.15, 0.2) is 0 Å². The van der Waals surface area contributed by atoms with Crippen molar-refractivity contribution in [3.8, 4) is 0 Å². The van der Waals surface area contributed by atoms with Crippen LogP contribution in [-0.2, 0) is 9.53 Å². The van der Waals surface area contributed by atoms with E-state index in [1.807, 2.05) is 13.8 Å². The number of nitrogens with one attached hydrogen (secondary N) is 1. The van der Waals surface area contributed by atoms with Crippen LogP contribution in [0.2, 0.25) is 0 Å². The molecule has 7 nitrogen and oxygen atoms in total. The first-order valence-corrected chi connectivity index (χ1v) is 7.11. The minimum atomic E-state index is -0.118. The van der Waals surface area contributed by atoms with E-state index in [9.17, 15) is 4.79 Å². The Morgan fingerprint density at radius 2 is 2.24 bits per heavy atom. The molecule has 112 valence electrons. The Kier molecular flexibility index (Phi) is 3.48. The summed E-state index contributed by atoms with van der Waals surface area (Å²) in [6, 6.07) is 0.238. The summed E-state index contributed by atoms with van der Waals surface area (Å²) in [7, 11) is 1.44. The molecule has 0 bridgehead atoms. The summed E-state index contributed by atoms with van der Waals surface area (Å²) in [5.41, 5.74) is 1.98. The van der Waals surface area contributed by atoms with Gasteiger partial charge >= 0.3 is 5.97 Å². The van der Waals surface area contributed by atoms with Crippen LogP contribution in [-0.4, -0.2) is 38.7 Å². The molecule has 1 aliphatic carbocycles. The fraction of sp³-hybridized carbons (Fsp3) is 0.571. The summed E-state index contributed by atoms with van der Waals surface area (Å²) in [6.07, 6.45) is 4.08. The summed E-state index contributed by atoms with van der Waals surface area (Å²) in [6.45, 7) is 3.97. The van der Waals surface area contributed by atoms with E-state index in [-0.39, 0.29) is 17.9 Å². The minimum absolute atomic E-state index is 0.0121. The summed E-state index contributed by atoms with van der Waals surface area (Å²) in [4.78, 5) is 20.2. The Bertz CT molecular complexity index is 681. The third-order valence-electron chi connectivity index (χ3n) is 4.22. The van der Waals surface area contributed by atoms with Gasteiger partial charge in [0, 0.05) is 17.3 Å². The number of fused-ring (bicyclic) bond motifs is 1. The largest absolute Gasteiger partial charge is 0.469 e. The van der Waals surface area contributed by atoms with Gasteiger partial charge in [-0.25, -0.2) is 4.98 Å². The number of methoxy groups -OCH3 is 1. The van der Waals surface area contributed by atoms with Gasteiger partial charge in [-0.15, -0.1) is 0 Å². The number of ether oxygens (including phenoxy) is 1. The van der Waals surface area contributed by atoms with E-state index in [0.29, 0.717) is 5.78 Å². The van der Waals surface area contributed by atoms with E-state index in [1.165, 1.54) is 13.4 Å². The van der Waals surface area contributed by atoms with Crippen LogP contribution in [0.25, 0.3) is 5.78 Å². The van der Waals surface area contributed by atoms with Crippen LogP contribution < -0.4 is 5.32 Å². The maximum absolute atomic E-state index is 11.6. The number of anilines is 1. The van der Waals surface area contributed by atoms with Crippen molar-refractivity contribution < 1.29 is 9.53 Å². The number of esters is 1. The van der Waals surface area contributed by atoms with Crippen LogP contribution in [0.1, 0.15) is 30.5 Å². The number of carbonyl (C=O) groups excluding carboxylic acids is 1. The highest BCUT2D eigenvalue weighted by atomic mass is 16.5. The number of hydrogen-bond donors (Lipinski definition) is 1. The first-order valence-electron chi connectivity index (χ1n) is 7.11. The van der Waals surface area contributed by atoms with Gasteiger partial charge in [-0.3, -0.25) is 4.79 Å². The van der Waals surface area contributed by atoms with Crippen molar-refractivity contribution in [2.75, 3.05) is 12.4 Å². The highest BCUT2D eigenvalue weighted by Gasteiger charge is 2.31. The molecule has 7 heteroatoms. The van der Waals surface area contributed by atoms with E-state index in [4.69, 9.17) is 4.74 Å². The van der Waals surface area contributed by atoms with E-state index >= 15 is 0 Å². The fourth-order valence-electron chi connectivity index (χ4n) is 2.89. The third-order valence-corrected chi connectivity index (χ3v) is 4.22. The molecule has 0 aromatic carbocycles. The molecule has 2 heterocycles. The fourth-order valence-corrected chi connectivity index (χ4v) is 2.89. The Hall–Kier alpha value is -2.18. The number of aryl methyl sites for hydroxylation is 1. The number of aromatic nitrogens is 4. The van der Waals surface area contributed by atoms with Crippen molar-refractivity contribution in [1.29, 1.82) is 0 Å². The lowest BCUT2D eigenvalue weighted by Crippen LogP contribution is -2.21. The normalized spacial score (nSPS) is 21.7. The van der Waals surface area contributed by atoms with Crippen LogP contribution in [0.4, 0.5) is 5.82 Å². The second-order valence-corrected chi connectivity index (χ2v) is 5.52. The molecule has 0 radical (unpaired) electrons. The molecule has 1 N–H and O–H groups in total. The molecule has 1 aliphatic rings. The highest BCUT2D eigenvalue weighted by molar-refractivity contribution is 5.72. The molecule has 0 unspecified atom stereocenters. The van der Waals surface area contributed by atoms with Gasteiger partial charge in [-0.1, -0.05) is 0 Å². The Morgan fingerprint density at radius 1 is 1.43 bits per heavy atom. The SMILES string of the molecule is COC(=O)[C@H]1CC[C@@H](Nc2c(C)c(C)nc3ncnn23)C1. The lowest BCUT2D eigenvalue weighted by molar-refractivity contribution is -0.145. The quantitative estimate of drug-likeness (QED) is 0.862. The summed E-state index contributed by atoms with van der Waals surface area (Å²) in [5.74, 6) is 1.36.